The van der Waals surface area contributed by atoms with Crippen LogP contribution in [-0.2, 0) is 6.42 Å². The molecule has 0 nitrogen and oxygen atoms in total. The van der Waals surface area contributed by atoms with Gasteiger partial charge in [0.2, 0.25) is 0 Å². The highest BCUT2D eigenvalue weighted by Crippen LogP contribution is 2.58. The van der Waals surface area contributed by atoms with Gasteiger partial charge in [-0.1, -0.05) is 172 Å². The number of rotatable bonds is 8. The van der Waals surface area contributed by atoms with Gasteiger partial charge in [0, 0.05) is 0 Å². The highest BCUT2D eigenvalue weighted by Gasteiger charge is 2.31. The van der Waals surface area contributed by atoms with E-state index in [1.165, 1.54) is 88.3 Å². The molecule has 0 aromatic heterocycles. The molecule has 0 atom stereocenters. The molecule has 7 aromatic carbocycles. The Balaban J connectivity index is 1.49. The van der Waals surface area contributed by atoms with Crippen LogP contribution in [0.1, 0.15) is 30.9 Å². The minimum absolute atomic E-state index is 1.05. The lowest BCUT2D eigenvalue weighted by molar-refractivity contribution is 0.795. The Morgan fingerprint density at radius 2 is 1.04 bits per heavy atom. The molecule has 1 aliphatic rings. The van der Waals surface area contributed by atoms with E-state index < -0.39 is 0 Å². The average Bonchev–Trinajstić information content (AvgIpc) is 3.44. The van der Waals surface area contributed by atoms with Gasteiger partial charge in [-0.3, -0.25) is 0 Å². The van der Waals surface area contributed by atoms with Crippen LogP contribution in [0.15, 0.2) is 152 Å². The monoisotopic (exact) mass is 588 g/mol. The van der Waals surface area contributed by atoms with Crippen molar-refractivity contribution in [1.82, 2.24) is 0 Å². The summed E-state index contributed by atoms with van der Waals surface area (Å²) in [5.74, 6) is 0. The fourth-order valence-electron chi connectivity index (χ4n) is 7.66. The normalized spacial score (nSPS) is 11.8. The molecule has 0 heterocycles. The second kappa shape index (κ2) is 11.8. The maximum Gasteiger partial charge on any atom is -0.000741 e. The maximum absolute atomic E-state index is 3.93. The van der Waals surface area contributed by atoms with Gasteiger partial charge in [0.25, 0.3) is 0 Å². The first-order chi connectivity index (χ1) is 22.8. The predicted octanol–water partition coefficient (Wildman–Crippen LogP) is 13.2. The summed E-state index contributed by atoms with van der Waals surface area (Å²) >= 11 is 0. The Morgan fingerprint density at radius 3 is 1.67 bits per heavy atom. The van der Waals surface area contributed by atoms with Crippen molar-refractivity contribution >= 4 is 27.6 Å². The summed E-state index contributed by atoms with van der Waals surface area (Å²) < 4.78 is 0. The zero-order chi connectivity index (χ0) is 31.0. The molecule has 0 heteroatoms. The number of benzene rings is 7. The highest BCUT2D eigenvalue weighted by molar-refractivity contribution is 6.28. The van der Waals surface area contributed by atoms with Gasteiger partial charge in [0.05, 0.1) is 0 Å². The van der Waals surface area contributed by atoms with E-state index in [0.717, 1.165) is 19.3 Å². The van der Waals surface area contributed by atoms with Gasteiger partial charge in [-0.2, -0.15) is 0 Å². The van der Waals surface area contributed by atoms with Gasteiger partial charge in [0.15, 0.2) is 0 Å². The number of hydrogen-bond donors (Lipinski definition) is 0. The molecule has 220 valence electrons. The van der Waals surface area contributed by atoms with E-state index in [2.05, 4.69) is 159 Å². The van der Waals surface area contributed by atoms with Crippen molar-refractivity contribution in [3.8, 4) is 55.6 Å². The Labute approximate surface area is 272 Å². The van der Waals surface area contributed by atoms with Crippen molar-refractivity contribution in [3.63, 3.8) is 0 Å². The van der Waals surface area contributed by atoms with E-state index in [1.807, 2.05) is 6.08 Å². The summed E-state index contributed by atoms with van der Waals surface area (Å²) in [4.78, 5) is 0. The zero-order valence-electron chi connectivity index (χ0n) is 26.3. The first-order valence-corrected chi connectivity index (χ1v) is 16.5. The summed E-state index contributed by atoms with van der Waals surface area (Å²) in [6.45, 7) is 6.20. The van der Waals surface area contributed by atoms with Gasteiger partial charge in [0.1, 0.15) is 0 Å². The maximum atomic E-state index is 3.93. The van der Waals surface area contributed by atoms with Crippen molar-refractivity contribution in [3.05, 3.63) is 163 Å². The Hall–Kier alpha value is -5.46. The summed E-state index contributed by atoms with van der Waals surface area (Å²) in [6, 6.07) is 49.4. The number of unbranched alkanes of at least 4 members (excludes halogenated alkanes) is 1. The molecule has 7 aromatic rings. The summed E-state index contributed by atoms with van der Waals surface area (Å²) in [5, 5.41) is 5.25. The van der Waals surface area contributed by atoms with Gasteiger partial charge < -0.3 is 0 Å². The Bertz CT molecular complexity index is 2190. The molecule has 1 aliphatic carbocycles. The highest BCUT2D eigenvalue weighted by atomic mass is 14.3. The molecule has 0 bridgehead atoms. The molecule has 0 N–H and O–H groups in total. The summed E-state index contributed by atoms with van der Waals surface area (Å²) in [7, 11) is 0. The van der Waals surface area contributed by atoms with Crippen molar-refractivity contribution in [2.75, 3.05) is 0 Å². The molecule has 0 saturated carbocycles. The molecule has 0 amide bonds. The standard InChI is InChI=1S/C46H36/c1-3-5-17-31-22-15-26-35(34(31)23-6-4-2)36-29-30-41-44-37(36)27-16-28-40(44)45-42(32-18-9-7-10-19-32)38-24-13-14-25-39(38)43(46(41)45)33-20-11-8-12-21-33/h3,5,7-22,24-30H,1,4,6,23H2,2H3/b17-5-. The van der Waals surface area contributed by atoms with E-state index in [4.69, 9.17) is 0 Å². The first kappa shape index (κ1) is 28.0. The lowest BCUT2D eigenvalue weighted by atomic mass is 9.82. The van der Waals surface area contributed by atoms with E-state index in [1.54, 1.807) is 0 Å². The van der Waals surface area contributed by atoms with Gasteiger partial charge >= 0.3 is 0 Å². The molecule has 0 fully saturated rings. The van der Waals surface area contributed by atoms with Crippen LogP contribution in [0.25, 0.3) is 83.3 Å². The number of fused-ring (bicyclic) bond motifs is 4. The van der Waals surface area contributed by atoms with Gasteiger partial charge in [-0.15, -0.1) is 0 Å². The molecule has 0 saturated heterocycles. The number of hydrogen-bond acceptors (Lipinski definition) is 0. The van der Waals surface area contributed by atoms with E-state index >= 15 is 0 Å². The Morgan fingerprint density at radius 1 is 0.500 bits per heavy atom. The quantitative estimate of drug-likeness (QED) is 0.155. The van der Waals surface area contributed by atoms with Crippen molar-refractivity contribution in [1.29, 1.82) is 0 Å². The zero-order valence-corrected chi connectivity index (χ0v) is 26.3. The average molecular weight is 589 g/mol. The molecular weight excluding hydrogens is 553 g/mol. The minimum atomic E-state index is 1.05. The van der Waals surface area contributed by atoms with Crippen LogP contribution >= 0.6 is 0 Å². The molecular formula is C46H36. The number of allylic oxidation sites excluding steroid dienone is 2. The molecule has 0 aliphatic heterocycles. The molecule has 8 rings (SSSR count). The third-order valence-electron chi connectivity index (χ3n) is 9.61. The predicted molar refractivity (Wildman–Crippen MR) is 200 cm³/mol. The van der Waals surface area contributed by atoms with Gasteiger partial charge in [-0.25, -0.2) is 0 Å². The lowest BCUT2D eigenvalue weighted by Gasteiger charge is -2.20. The molecule has 0 spiro atoms. The van der Waals surface area contributed by atoms with Crippen LogP contribution in [-0.4, -0.2) is 0 Å². The van der Waals surface area contributed by atoms with Crippen LogP contribution in [0, 0.1) is 0 Å². The van der Waals surface area contributed by atoms with Crippen LogP contribution in [0.4, 0.5) is 0 Å². The molecule has 46 heavy (non-hydrogen) atoms. The Kier molecular flexibility index (Phi) is 7.20. The van der Waals surface area contributed by atoms with Crippen LogP contribution < -0.4 is 0 Å². The van der Waals surface area contributed by atoms with Crippen molar-refractivity contribution in [2.45, 2.75) is 26.2 Å². The van der Waals surface area contributed by atoms with Crippen LogP contribution in [0.2, 0.25) is 0 Å². The lowest BCUT2D eigenvalue weighted by Crippen LogP contribution is -1.95. The smallest absolute Gasteiger partial charge is 0.000741 e. The second-order valence-electron chi connectivity index (χ2n) is 12.2. The second-order valence-corrected chi connectivity index (χ2v) is 12.2. The third-order valence-corrected chi connectivity index (χ3v) is 9.61. The first-order valence-electron chi connectivity index (χ1n) is 16.5. The van der Waals surface area contributed by atoms with Crippen LogP contribution in [0.3, 0.4) is 0 Å². The largest absolute Gasteiger partial charge is 0.0991 e. The molecule has 0 radical (unpaired) electrons. The van der Waals surface area contributed by atoms with Gasteiger partial charge in [-0.05, 0) is 101 Å². The molecule has 0 unspecified atom stereocenters. The fraction of sp³-hybridized carbons (Fsp3) is 0.0870. The van der Waals surface area contributed by atoms with E-state index in [0.29, 0.717) is 0 Å². The van der Waals surface area contributed by atoms with Crippen molar-refractivity contribution in [2.24, 2.45) is 0 Å². The SMILES string of the molecule is C=C/C=C\c1cccc(-c2ccc3c4c(cccc24)-c2c-3c(-c3ccccc3)c3ccccc3c2-c2ccccc2)c1CCCC. The van der Waals surface area contributed by atoms with E-state index in [9.17, 15) is 0 Å². The van der Waals surface area contributed by atoms with Crippen molar-refractivity contribution < 1.29 is 0 Å². The fourth-order valence-corrected chi connectivity index (χ4v) is 7.66. The van der Waals surface area contributed by atoms with Crippen LogP contribution in [0.5, 0.6) is 0 Å². The minimum Gasteiger partial charge on any atom is -0.0991 e. The summed E-state index contributed by atoms with van der Waals surface area (Å²) in [5.41, 5.74) is 15.8. The topological polar surface area (TPSA) is 0 Å². The summed E-state index contributed by atoms with van der Waals surface area (Å²) in [6.07, 6.45) is 9.50. The van der Waals surface area contributed by atoms with E-state index in [-0.39, 0.29) is 0 Å². The third kappa shape index (κ3) is 4.44.